The van der Waals surface area contributed by atoms with Crippen molar-refractivity contribution in [1.29, 1.82) is 0 Å². The number of amides is 2. The number of rotatable bonds is 0. The van der Waals surface area contributed by atoms with E-state index in [2.05, 4.69) is 16.8 Å². The van der Waals surface area contributed by atoms with E-state index in [4.69, 9.17) is 9.53 Å². The molecule has 0 atom stereocenters. The van der Waals surface area contributed by atoms with Crippen LogP contribution in [0.1, 0.15) is 0 Å². The lowest BCUT2D eigenvalue weighted by atomic mass is 10.5. The minimum absolute atomic E-state index is 0. The number of carbonyl (C=O) groups is 1. The standard InChI is InChI=1S/C4H9NO.CH4N2O.ClH/c1-3-6-4-2-5-1;2-1(3)4;/h5H,1-4H2;(H4,2,3,4);1H. The molecular weight excluding hydrogens is 170 g/mol. The summed E-state index contributed by atoms with van der Waals surface area (Å²) in [6, 6.07) is -0.833. The molecule has 11 heavy (non-hydrogen) atoms. The molecule has 1 saturated heterocycles. The van der Waals surface area contributed by atoms with Gasteiger partial charge < -0.3 is 21.5 Å². The first kappa shape index (κ1) is 13.1. The lowest BCUT2D eigenvalue weighted by Gasteiger charge is -2.10. The molecule has 0 aromatic heterocycles. The van der Waals surface area contributed by atoms with Gasteiger partial charge in [0.25, 0.3) is 0 Å². The predicted molar refractivity (Wildman–Crippen MR) is 44.7 cm³/mol. The lowest BCUT2D eigenvalue weighted by Crippen LogP contribution is -2.30. The zero-order valence-corrected chi connectivity index (χ0v) is 7.02. The van der Waals surface area contributed by atoms with Crippen molar-refractivity contribution in [1.82, 2.24) is 5.32 Å². The number of hydrogen-bond acceptors (Lipinski definition) is 3. The molecule has 0 unspecified atom stereocenters. The van der Waals surface area contributed by atoms with Gasteiger partial charge in [-0.2, -0.15) is 0 Å². The second-order valence-electron chi connectivity index (χ2n) is 1.76. The summed E-state index contributed by atoms with van der Waals surface area (Å²) >= 11 is 0. The Balaban J connectivity index is 0. The Morgan fingerprint density at radius 2 is 1.64 bits per heavy atom. The number of halogens is 1. The first-order chi connectivity index (χ1) is 4.73. The highest BCUT2D eigenvalue weighted by Gasteiger charge is 1.92. The molecule has 1 aliphatic rings. The first-order valence-electron chi connectivity index (χ1n) is 3.07. The molecule has 0 spiro atoms. The number of nitrogens with one attached hydrogen (secondary N) is 1. The molecule has 1 heterocycles. The fourth-order valence-corrected chi connectivity index (χ4v) is 0.516. The van der Waals surface area contributed by atoms with Gasteiger partial charge in [-0.15, -0.1) is 12.4 Å². The SMILES string of the molecule is C1COCCN1.Cl.NC(N)=O. The fourth-order valence-electron chi connectivity index (χ4n) is 0.516. The van der Waals surface area contributed by atoms with E-state index in [0.29, 0.717) is 0 Å². The van der Waals surface area contributed by atoms with E-state index < -0.39 is 6.03 Å². The summed E-state index contributed by atoms with van der Waals surface area (Å²) < 4.78 is 5.01. The summed E-state index contributed by atoms with van der Waals surface area (Å²) in [5, 5.41) is 3.16. The summed E-state index contributed by atoms with van der Waals surface area (Å²) in [5.41, 5.74) is 8.50. The van der Waals surface area contributed by atoms with Crippen molar-refractivity contribution < 1.29 is 9.53 Å². The van der Waals surface area contributed by atoms with Crippen molar-refractivity contribution in [3.05, 3.63) is 0 Å². The van der Waals surface area contributed by atoms with Crippen LogP contribution in [0.5, 0.6) is 0 Å². The van der Waals surface area contributed by atoms with Crippen LogP contribution in [0, 0.1) is 0 Å². The maximum absolute atomic E-state index is 9.00. The van der Waals surface area contributed by atoms with Crippen LogP contribution in [-0.2, 0) is 4.74 Å². The number of primary amides is 2. The van der Waals surface area contributed by atoms with Crippen LogP contribution >= 0.6 is 12.4 Å². The van der Waals surface area contributed by atoms with Crippen molar-refractivity contribution in [2.45, 2.75) is 0 Å². The summed E-state index contributed by atoms with van der Waals surface area (Å²) in [6.07, 6.45) is 0. The molecule has 5 nitrogen and oxygen atoms in total. The summed E-state index contributed by atoms with van der Waals surface area (Å²) in [7, 11) is 0. The van der Waals surface area contributed by atoms with Crippen molar-refractivity contribution in [3.63, 3.8) is 0 Å². The van der Waals surface area contributed by atoms with Gasteiger partial charge in [0.1, 0.15) is 0 Å². The van der Waals surface area contributed by atoms with Crippen LogP contribution in [0.3, 0.4) is 0 Å². The van der Waals surface area contributed by atoms with Gasteiger partial charge in [0.2, 0.25) is 0 Å². The fraction of sp³-hybridized carbons (Fsp3) is 0.800. The van der Waals surface area contributed by atoms with E-state index in [-0.39, 0.29) is 12.4 Å². The third-order valence-electron chi connectivity index (χ3n) is 0.846. The Labute approximate surface area is 71.9 Å². The normalized spacial score (nSPS) is 15.3. The molecule has 0 saturated carbocycles. The summed E-state index contributed by atoms with van der Waals surface area (Å²) in [5.74, 6) is 0. The van der Waals surface area contributed by atoms with E-state index in [0.717, 1.165) is 26.3 Å². The number of urea groups is 1. The van der Waals surface area contributed by atoms with Crippen molar-refractivity contribution in [2.75, 3.05) is 26.3 Å². The van der Waals surface area contributed by atoms with Gasteiger partial charge in [-0.3, -0.25) is 0 Å². The predicted octanol–water partition coefficient (Wildman–Crippen LogP) is -0.948. The number of nitrogens with two attached hydrogens (primary N) is 2. The smallest absolute Gasteiger partial charge is 0.309 e. The van der Waals surface area contributed by atoms with Crippen LogP contribution in [0.2, 0.25) is 0 Å². The van der Waals surface area contributed by atoms with E-state index in [1.807, 2.05) is 0 Å². The third kappa shape index (κ3) is 17.7. The molecule has 0 aliphatic carbocycles. The zero-order chi connectivity index (χ0) is 7.82. The monoisotopic (exact) mass is 183 g/mol. The van der Waals surface area contributed by atoms with E-state index in [1.54, 1.807) is 0 Å². The molecule has 6 heteroatoms. The highest BCUT2D eigenvalue weighted by molar-refractivity contribution is 5.85. The van der Waals surface area contributed by atoms with Gasteiger partial charge in [-0.05, 0) is 0 Å². The maximum atomic E-state index is 9.00. The molecule has 1 aliphatic heterocycles. The van der Waals surface area contributed by atoms with Crippen LogP contribution in [0.15, 0.2) is 0 Å². The lowest BCUT2D eigenvalue weighted by molar-refractivity contribution is 0.109. The molecule has 1 rings (SSSR count). The van der Waals surface area contributed by atoms with Gasteiger partial charge >= 0.3 is 6.03 Å². The second kappa shape index (κ2) is 9.48. The van der Waals surface area contributed by atoms with E-state index in [1.165, 1.54) is 0 Å². The molecule has 0 aromatic rings. The quantitative estimate of drug-likeness (QED) is 0.453. The number of ether oxygens (including phenoxy) is 1. The minimum Gasteiger partial charge on any atom is -0.379 e. The van der Waals surface area contributed by atoms with Crippen LogP contribution in [0.4, 0.5) is 4.79 Å². The van der Waals surface area contributed by atoms with Gasteiger partial charge in [0.15, 0.2) is 0 Å². The summed E-state index contributed by atoms with van der Waals surface area (Å²) in [6.45, 7) is 3.83. The van der Waals surface area contributed by atoms with Crippen molar-refractivity contribution in [3.8, 4) is 0 Å². The molecular formula is C5H14ClN3O2. The number of carbonyl (C=O) groups excluding carboxylic acids is 1. The highest BCUT2D eigenvalue weighted by atomic mass is 35.5. The Morgan fingerprint density at radius 3 is 1.73 bits per heavy atom. The average molecular weight is 184 g/mol. The van der Waals surface area contributed by atoms with Crippen molar-refractivity contribution in [2.24, 2.45) is 11.5 Å². The van der Waals surface area contributed by atoms with Gasteiger partial charge in [-0.25, -0.2) is 4.79 Å². The average Bonchev–Trinajstić information content (AvgIpc) is 1.90. The molecule has 1 fully saturated rings. The Bertz CT molecular complexity index is 82.2. The second-order valence-corrected chi connectivity index (χ2v) is 1.76. The van der Waals surface area contributed by atoms with Gasteiger partial charge in [0, 0.05) is 13.1 Å². The van der Waals surface area contributed by atoms with Gasteiger partial charge in [0.05, 0.1) is 13.2 Å². The first-order valence-corrected chi connectivity index (χ1v) is 3.07. The molecule has 68 valence electrons. The Kier molecular flexibility index (Phi) is 11.3. The molecule has 0 radical (unpaired) electrons. The van der Waals surface area contributed by atoms with Crippen LogP contribution in [-0.4, -0.2) is 32.3 Å². The Hall–Kier alpha value is -0.520. The zero-order valence-electron chi connectivity index (χ0n) is 6.21. The van der Waals surface area contributed by atoms with Crippen molar-refractivity contribution >= 4 is 18.4 Å². The molecule has 0 aromatic carbocycles. The molecule has 2 amide bonds. The highest BCUT2D eigenvalue weighted by Crippen LogP contribution is 1.76. The number of morpholine rings is 1. The minimum atomic E-state index is -0.833. The van der Waals surface area contributed by atoms with E-state index >= 15 is 0 Å². The Morgan fingerprint density at radius 1 is 1.27 bits per heavy atom. The van der Waals surface area contributed by atoms with Crippen LogP contribution < -0.4 is 16.8 Å². The number of hydrogen-bond donors (Lipinski definition) is 3. The molecule has 0 bridgehead atoms. The topological polar surface area (TPSA) is 90.4 Å². The molecule has 5 N–H and O–H groups in total. The maximum Gasteiger partial charge on any atom is 0.309 e. The summed E-state index contributed by atoms with van der Waals surface area (Å²) in [4.78, 5) is 9.00. The van der Waals surface area contributed by atoms with E-state index in [9.17, 15) is 0 Å². The largest absolute Gasteiger partial charge is 0.379 e. The third-order valence-corrected chi connectivity index (χ3v) is 0.846. The van der Waals surface area contributed by atoms with Gasteiger partial charge in [-0.1, -0.05) is 0 Å². The van der Waals surface area contributed by atoms with Crippen LogP contribution in [0.25, 0.3) is 0 Å².